The van der Waals surface area contributed by atoms with E-state index < -0.39 is 5.91 Å². The zero-order valence-electron chi connectivity index (χ0n) is 10.3. The Hall–Kier alpha value is -1.81. The maximum Gasteiger partial charge on any atom is 0.252 e. The lowest BCUT2D eigenvalue weighted by Gasteiger charge is -2.06. The van der Waals surface area contributed by atoms with Gasteiger partial charge in [0.25, 0.3) is 5.91 Å². The molecule has 0 aliphatic carbocycles. The highest BCUT2D eigenvalue weighted by molar-refractivity contribution is 6.31. The van der Waals surface area contributed by atoms with Crippen molar-refractivity contribution >= 4 is 17.5 Å². The number of hydrogen-bond acceptors (Lipinski definition) is 2. The van der Waals surface area contributed by atoms with Gasteiger partial charge in [0, 0.05) is 10.7 Å². The Kier molecular flexibility index (Phi) is 3.39. The number of primary amides is 1. The molecule has 2 aromatic rings. The molecule has 0 aliphatic rings. The first-order valence-electron chi connectivity index (χ1n) is 5.58. The Bertz CT molecular complexity index is 604. The van der Waals surface area contributed by atoms with Crippen molar-refractivity contribution in [1.82, 2.24) is 9.78 Å². The van der Waals surface area contributed by atoms with E-state index in [9.17, 15) is 4.79 Å². The number of aromatic nitrogens is 2. The van der Waals surface area contributed by atoms with Gasteiger partial charge in [0.15, 0.2) is 0 Å². The van der Waals surface area contributed by atoms with E-state index in [2.05, 4.69) is 5.10 Å². The van der Waals surface area contributed by atoms with E-state index in [4.69, 9.17) is 17.3 Å². The number of nitrogens with two attached hydrogens (primary N) is 1. The molecule has 1 heterocycles. The number of amides is 1. The lowest BCUT2D eigenvalue weighted by molar-refractivity contribution is 0.0999. The Morgan fingerprint density at radius 3 is 2.61 bits per heavy atom. The SMILES string of the molecule is Cc1nn(Cc2ccccc2Cl)c(C)c1C(N)=O. The van der Waals surface area contributed by atoms with Crippen molar-refractivity contribution in [3.05, 3.63) is 51.8 Å². The highest BCUT2D eigenvalue weighted by atomic mass is 35.5. The number of hydrogen-bond donors (Lipinski definition) is 1. The van der Waals surface area contributed by atoms with Crippen LogP contribution in [0.1, 0.15) is 27.3 Å². The summed E-state index contributed by atoms with van der Waals surface area (Å²) in [6, 6.07) is 7.56. The molecule has 5 heteroatoms. The van der Waals surface area contributed by atoms with Gasteiger partial charge in [0.05, 0.1) is 17.8 Å². The average molecular weight is 264 g/mol. The topological polar surface area (TPSA) is 60.9 Å². The van der Waals surface area contributed by atoms with Crippen LogP contribution in [0.3, 0.4) is 0 Å². The summed E-state index contributed by atoms with van der Waals surface area (Å²) in [7, 11) is 0. The standard InChI is InChI=1S/C13H14ClN3O/c1-8-12(13(15)18)9(2)17(16-8)7-10-5-3-4-6-11(10)14/h3-6H,7H2,1-2H3,(H2,15,18). The minimum Gasteiger partial charge on any atom is -0.365 e. The summed E-state index contributed by atoms with van der Waals surface area (Å²) in [4.78, 5) is 11.3. The molecule has 18 heavy (non-hydrogen) atoms. The third-order valence-corrected chi connectivity index (χ3v) is 3.27. The van der Waals surface area contributed by atoms with E-state index in [1.54, 1.807) is 11.6 Å². The van der Waals surface area contributed by atoms with Crippen molar-refractivity contribution in [2.45, 2.75) is 20.4 Å². The van der Waals surface area contributed by atoms with E-state index >= 15 is 0 Å². The largest absolute Gasteiger partial charge is 0.365 e. The number of carbonyl (C=O) groups excluding carboxylic acids is 1. The zero-order valence-corrected chi connectivity index (χ0v) is 11.0. The summed E-state index contributed by atoms with van der Waals surface area (Å²) in [5.74, 6) is -0.449. The minimum absolute atomic E-state index is 0.449. The number of benzene rings is 1. The molecule has 1 amide bonds. The molecule has 0 saturated heterocycles. The van der Waals surface area contributed by atoms with Gasteiger partial charge in [-0.2, -0.15) is 5.10 Å². The minimum atomic E-state index is -0.449. The molecular formula is C13H14ClN3O. The van der Waals surface area contributed by atoms with Crippen LogP contribution in [0.4, 0.5) is 0 Å². The van der Waals surface area contributed by atoms with E-state index in [-0.39, 0.29) is 0 Å². The number of carbonyl (C=O) groups is 1. The number of halogens is 1. The number of aryl methyl sites for hydroxylation is 1. The van der Waals surface area contributed by atoms with E-state index in [0.29, 0.717) is 22.8 Å². The molecule has 1 aromatic heterocycles. The van der Waals surface area contributed by atoms with Gasteiger partial charge in [-0.25, -0.2) is 0 Å². The molecule has 0 aliphatic heterocycles. The predicted octanol–water partition coefficient (Wildman–Crippen LogP) is 2.30. The number of nitrogens with zero attached hydrogens (tertiary/aromatic N) is 2. The van der Waals surface area contributed by atoms with E-state index in [1.807, 2.05) is 31.2 Å². The highest BCUT2D eigenvalue weighted by Gasteiger charge is 2.16. The fourth-order valence-corrected chi connectivity index (χ4v) is 2.19. The van der Waals surface area contributed by atoms with Crippen LogP contribution in [0.25, 0.3) is 0 Å². The molecule has 0 spiro atoms. The van der Waals surface area contributed by atoms with Gasteiger partial charge in [-0.15, -0.1) is 0 Å². The Balaban J connectivity index is 2.39. The monoisotopic (exact) mass is 263 g/mol. The van der Waals surface area contributed by atoms with Crippen LogP contribution in [0.15, 0.2) is 24.3 Å². The normalized spacial score (nSPS) is 10.6. The zero-order chi connectivity index (χ0) is 13.3. The molecule has 1 aromatic carbocycles. The fraction of sp³-hybridized carbons (Fsp3) is 0.231. The first-order valence-corrected chi connectivity index (χ1v) is 5.95. The smallest absolute Gasteiger partial charge is 0.252 e. The summed E-state index contributed by atoms with van der Waals surface area (Å²) < 4.78 is 1.75. The van der Waals surface area contributed by atoms with Gasteiger partial charge in [-0.05, 0) is 25.5 Å². The van der Waals surface area contributed by atoms with Crippen LogP contribution in [-0.2, 0) is 6.54 Å². The fourth-order valence-electron chi connectivity index (χ4n) is 2.00. The molecule has 0 fully saturated rings. The molecule has 94 valence electrons. The molecule has 2 rings (SSSR count). The Morgan fingerprint density at radius 1 is 1.39 bits per heavy atom. The van der Waals surface area contributed by atoms with Crippen LogP contribution in [-0.4, -0.2) is 15.7 Å². The summed E-state index contributed by atoms with van der Waals surface area (Å²) in [5.41, 5.74) is 8.19. The first-order chi connectivity index (χ1) is 8.50. The molecule has 0 atom stereocenters. The van der Waals surface area contributed by atoms with Crippen molar-refractivity contribution in [3.63, 3.8) is 0 Å². The van der Waals surface area contributed by atoms with E-state index in [1.165, 1.54) is 0 Å². The predicted molar refractivity (Wildman–Crippen MR) is 70.8 cm³/mol. The van der Waals surface area contributed by atoms with Crippen LogP contribution in [0.2, 0.25) is 5.02 Å². The molecule has 0 unspecified atom stereocenters. The van der Waals surface area contributed by atoms with E-state index in [0.717, 1.165) is 11.3 Å². The van der Waals surface area contributed by atoms with Gasteiger partial charge >= 0.3 is 0 Å². The molecule has 0 radical (unpaired) electrons. The average Bonchev–Trinajstić information content (AvgIpc) is 2.57. The van der Waals surface area contributed by atoms with Gasteiger partial charge in [0.1, 0.15) is 0 Å². The second-order valence-corrected chi connectivity index (χ2v) is 4.57. The molecule has 4 nitrogen and oxygen atoms in total. The number of rotatable bonds is 3. The maximum absolute atomic E-state index is 11.3. The third-order valence-electron chi connectivity index (χ3n) is 2.91. The van der Waals surface area contributed by atoms with Crippen molar-refractivity contribution < 1.29 is 4.79 Å². The van der Waals surface area contributed by atoms with Gasteiger partial charge in [0.2, 0.25) is 0 Å². The van der Waals surface area contributed by atoms with Crippen molar-refractivity contribution in [2.75, 3.05) is 0 Å². The third kappa shape index (κ3) is 2.24. The van der Waals surface area contributed by atoms with Crippen molar-refractivity contribution in [2.24, 2.45) is 5.73 Å². The molecule has 0 saturated carbocycles. The van der Waals surface area contributed by atoms with Crippen molar-refractivity contribution in [3.8, 4) is 0 Å². The van der Waals surface area contributed by atoms with Crippen LogP contribution < -0.4 is 5.73 Å². The summed E-state index contributed by atoms with van der Waals surface area (Å²) in [5, 5.41) is 5.01. The Labute approximate surface area is 110 Å². The summed E-state index contributed by atoms with van der Waals surface area (Å²) in [6.45, 7) is 4.13. The van der Waals surface area contributed by atoms with Crippen LogP contribution in [0.5, 0.6) is 0 Å². The molecular weight excluding hydrogens is 250 g/mol. The first kappa shape index (κ1) is 12.6. The second-order valence-electron chi connectivity index (χ2n) is 4.16. The second kappa shape index (κ2) is 4.82. The highest BCUT2D eigenvalue weighted by Crippen LogP contribution is 2.19. The van der Waals surface area contributed by atoms with Gasteiger partial charge in [-0.3, -0.25) is 9.48 Å². The quantitative estimate of drug-likeness (QED) is 0.924. The Morgan fingerprint density at radius 2 is 2.06 bits per heavy atom. The lowest BCUT2D eigenvalue weighted by Crippen LogP contribution is -2.13. The van der Waals surface area contributed by atoms with Crippen molar-refractivity contribution in [1.29, 1.82) is 0 Å². The van der Waals surface area contributed by atoms with Gasteiger partial charge in [-0.1, -0.05) is 29.8 Å². The van der Waals surface area contributed by atoms with Crippen LogP contribution in [0, 0.1) is 13.8 Å². The van der Waals surface area contributed by atoms with Crippen LogP contribution >= 0.6 is 11.6 Å². The van der Waals surface area contributed by atoms with Gasteiger partial charge < -0.3 is 5.73 Å². The molecule has 0 bridgehead atoms. The molecule has 2 N–H and O–H groups in total. The summed E-state index contributed by atoms with van der Waals surface area (Å²) in [6.07, 6.45) is 0. The maximum atomic E-state index is 11.3. The summed E-state index contributed by atoms with van der Waals surface area (Å²) >= 11 is 6.10. The lowest BCUT2D eigenvalue weighted by atomic mass is 10.2.